The molecule has 0 N–H and O–H groups in total. The van der Waals surface area contributed by atoms with Gasteiger partial charge in [0.2, 0.25) is 0 Å². The van der Waals surface area contributed by atoms with Crippen molar-refractivity contribution >= 4 is 21.7 Å². The molecule has 1 unspecified atom stereocenters. The standard InChI is InChI=1S/C11H13BrO2/c1-3-10(13)11(14-2)8-4-6-9(12)7-5-8/h4-7,11H,3H2,1-2H3. The highest BCUT2D eigenvalue weighted by molar-refractivity contribution is 9.10. The van der Waals surface area contributed by atoms with Gasteiger partial charge >= 0.3 is 0 Å². The normalized spacial score (nSPS) is 12.5. The molecule has 3 heteroatoms. The van der Waals surface area contributed by atoms with E-state index in [1.54, 1.807) is 7.11 Å². The fourth-order valence-corrected chi connectivity index (χ4v) is 1.54. The molecule has 0 bridgehead atoms. The van der Waals surface area contributed by atoms with E-state index in [0.717, 1.165) is 10.0 Å². The van der Waals surface area contributed by atoms with Crippen LogP contribution in [0.3, 0.4) is 0 Å². The number of benzene rings is 1. The molecule has 0 heterocycles. The lowest BCUT2D eigenvalue weighted by molar-refractivity contribution is -0.128. The minimum Gasteiger partial charge on any atom is -0.369 e. The van der Waals surface area contributed by atoms with Crippen LogP contribution in [0.4, 0.5) is 0 Å². The van der Waals surface area contributed by atoms with Gasteiger partial charge in [-0.2, -0.15) is 0 Å². The quantitative estimate of drug-likeness (QED) is 0.828. The molecule has 0 aliphatic carbocycles. The van der Waals surface area contributed by atoms with E-state index in [1.807, 2.05) is 31.2 Å². The van der Waals surface area contributed by atoms with E-state index in [4.69, 9.17) is 4.74 Å². The Kier molecular flexibility index (Phi) is 4.29. The molecule has 0 spiro atoms. The molecule has 0 amide bonds. The van der Waals surface area contributed by atoms with Crippen molar-refractivity contribution in [1.82, 2.24) is 0 Å². The number of ketones is 1. The lowest BCUT2D eigenvalue weighted by atomic mass is 10.0. The van der Waals surface area contributed by atoms with Crippen molar-refractivity contribution in [3.63, 3.8) is 0 Å². The van der Waals surface area contributed by atoms with E-state index in [2.05, 4.69) is 15.9 Å². The lowest BCUT2D eigenvalue weighted by Crippen LogP contribution is -2.13. The van der Waals surface area contributed by atoms with Gasteiger partial charge < -0.3 is 4.74 Å². The van der Waals surface area contributed by atoms with Gasteiger partial charge in [0.1, 0.15) is 6.10 Å². The summed E-state index contributed by atoms with van der Waals surface area (Å²) < 4.78 is 6.16. The summed E-state index contributed by atoms with van der Waals surface area (Å²) in [5.74, 6) is 0.106. The summed E-state index contributed by atoms with van der Waals surface area (Å²) in [6.07, 6.45) is 0.0716. The van der Waals surface area contributed by atoms with Crippen LogP contribution in [-0.4, -0.2) is 12.9 Å². The van der Waals surface area contributed by atoms with Crippen molar-refractivity contribution < 1.29 is 9.53 Å². The van der Waals surface area contributed by atoms with Crippen LogP contribution in [0.5, 0.6) is 0 Å². The van der Waals surface area contributed by atoms with Gasteiger partial charge in [-0.25, -0.2) is 0 Å². The summed E-state index contributed by atoms with van der Waals surface area (Å²) in [4.78, 5) is 11.5. The minimum absolute atomic E-state index is 0.106. The van der Waals surface area contributed by atoms with Crippen LogP contribution in [0.15, 0.2) is 28.7 Å². The molecule has 0 aliphatic heterocycles. The lowest BCUT2D eigenvalue weighted by Gasteiger charge is -2.13. The molecule has 1 aromatic carbocycles. The maximum Gasteiger partial charge on any atom is 0.165 e. The molecular formula is C11H13BrO2. The van der Waals surface area contributed by atoms with Gasteiger partial charge in [-0.15, -0.1) is 0 Å². The van der Waals surface area contributed by atoms with Gasteiger partial charge in [0.05, 0.1) is 0 Å². The van der Waals surface area contributed by atoms with Crippen LogP contribution in [0, 0.1) is 0 Å². The first-order valence-electron chi connectivity index (χ1n) is 4.50. The van der Waals surface area contributed by atoms with Gasteiger partial charge in [-0.05, 0) is 17.7 Å². The van der Waals surface area contributed by atoms with Crippen molar-refractivity contribution in [2.45, 2.75) is 19.4 Å². The van der Waals surface area contributed by atoms with Gasteiger partial charge in [0.25, 0.3) is 0 Å². The van der Waals surface area contributed by atoms with E-state index in [0.29, 0.717) is 6.42 Å². The Morgan fingerprint density at radius 3 is 2.43 bits per heavy atom. The van der Waals surface area contributed by atoms with E-state index >= 15 is 0 Å². The molecule has 2 nitrogen and oxygen atoms in total. The Balaban J connectivity index is 2.89. The van der Waals surface area contributed by atoms with Gasteiger partial charge in [-0.3, -0.25) is 4.79 Å². The summed E-state index contributed by atoms with van der Waals surface area (Å²) in [6.45, 7) is 1.84. The third-order valence-electron chi connectivity index (χ3n) is 2.05. The summed E-state index contributed by atoms with van der Waals surface area (Å²) in [7, 11) is 1.56. The van der Waals surface area contributed by atoms with E-state index in [-0.39, 0.29) is 5.78 Å². The van der Waals surface area contributed by atoms with Crippen molar-refractivity contribution in [1.29, 1.82) is 0 Å². The predicted octanol–water partition coefficient (Wildman–Crippen LogP) is 3.12. The van der Waals surface area contributed by atoms with E-state index in [1.165, 1.54) is 0 Å². The number of rotatable bonds is 4. The minimum atomic E-state index is -0.423. The number of halogens is 1. The highest BCUT2D eigenvalue weighted by Crippen LogP contribution is 2.21. The number of ether oxygens (including phenoxy) is 1. The number of hydrogen-bond donors (Lipinski definition) is 0. The Hall–Kier alpha value is -0.670. The Morgan fingerprint density at radius 2 is 2.00 bits per heavy atom. The number of carbonyl (C=O) groups excluding carboxylic acids is 1. The third kappa shape index (κ3) is 2.66. The van der Waals surface area contributed by atoms with Crippen LogP contribution in [-0.2, 0) is 9.53 Å². The van der Waals surface area contributed by atoms with E-state index in [9.17, 15) is 4.79 Å². The Bertz CT molecular complexity index is 306. The average Bonchev–Trinajstić information content (AvgIpc) is 2.21. The Morgan fingerprint density at radius 1 is 1.43 bits per heavy atom. The van der Waals surface area contributed by atoms with E-state index < -0.39 is 6.10 Å². The van der Waals surface area contributed by atoms with Crippen LogP contribution < -0.4 is 0 Å². The summed E-state index contributed by atoms with van der Waals surface area (Å²) in [6, 6.07) is 7.60. The zero-order chi connectivity index (χ0) is 10.6. The number of carbonyl (C=O) groups is 1. The van der Waals surface area contributed by atoms with Crippen molar-refractivity contribution in [2.24, 2.45) is 0 Å². The number of methoxy groups -OCH3 is 1. The summed E-state index contributed by atoms with van der Waals surface area (Å²) in [5, 5.41) is 0. The first kappa shape index (κ1) is 11.4. The highest BCUT2D eigenvalue weighted by Gasteiger charge is 2.17. The fraction of sp³-hybridized carbons (Fsp3) is 0.364. The average molecular weight is 257 g/mol. The Labute approximate surface area is 92.4 Å². The largest absolute Gasteiger partial charge is 0.369 e. The SMILES string of the molecule is CCC(=O)C(OC)c1ccc(Br)cc1. The molecule has 0 aliphatic rings. The molecule has 1 atom stereocenters. The van der Waals surface area contributed by atoms with Gasteiger partial charge in [0, 0.05) is 18.0 Å². The molecule has 1 aromatic rings. The molecular weight excluding hydrogens is 244 g/mol. The first-order chi connectivity index (χ1) is 6.69. The molecule has 1 rings (SSSR count). The van der Waals surface area contributed by atoms with Crippen molar-refractivity contribution in [3.8, 4) is 0 Å². The maximum absolute atomic E-state index is 11.5. The first-order valence-corrected chi connectivity index (χ1v) is 5.29. The molecule has 14 heavy (non-hydrogen) atoms. The number of hydrogen-bond acceptors (Lipinski definition) is 2. The smallest absolute Gasteiger partial charge is 0.165 e. The topological polar surface area (TPSA) is 26.3 Å². The number of Topliss-reactive ketones (excluding diaryl/α,β-unsaturated/α-hetero) is 1. The maximum atomic E-state index is 11.5. The van der Waals surface area contributed by atoms with Crippen molar-refractivity contribution in [3.05, 3.63) is 34.3 Å². The molecule has 0 aromatic heterocycles. The van der Waals surface area contributed by atoms with Gasteiger partial charge in [-0.1, -0.05) is 35.0 Å². The molecule has 0 radical (unpaired) electrons. The van der Waals surface area contributed by atoms with Crippen LogP contribution in [0.2, 0.25) is 0 Å². The van der Waals surface area contributed by atoms with Gasteiger partial charge in [0.15, 0.2) is 5.78 Å². The summed E-state index contributed by atoms with van der Waals surface area (Å²) >= 11 is 3.34. The predicted molar refractivity (Wildman–Crippen MR) is 59.2 cm³/mol. The zero-order valence-electron chi connectivity index (χ0n) is 8.29. The second-order valence-corrected chi connectivity index (χ2v) is 3.90. The second kappa shape index (κ2) is 5.27. The molecule has 0 fully saturated rings. The zero-order valence-corrected chi connectivity index (χ0v) is 9.87. The fourth-order valence-electron chi connectivity index (χ4n) is 1.28. The third-order valence-corrected chi connectivity index (χ3v) is 2.58. The van der Waals surface area contributed by atoms with Crippen molar-refractivity contribution in [2.75, 3.05) is 7.11 Å². The van der Waals surface area contributed by atoms with Crippen LogP contribution in [0.1, 0.15) is 25.0 Å². The monoisotopic (exact) mass is 256 g/mol. The van der Waals surface area contributed by atoms with Crippen LogP contribution in [0.25, 0.3) is 0 Å². The molecule has 0 saturated carbocycles. The second-order valence-electron chi connectivity index (χ2n) is 2.99. The molecule has 0 saturated heterocycles. The molecule has 76 valence electrons. The highest BCUT2D eigenvalue weighted by atomic mass is 79.9. The summed E-state index contributed by atoms with van der Waals surface area (Å²) in [5.41, 5.74) is 0.905. The van der Waals surface area contributed by atoms with Crippen LogP contribution >= 0.6 is 15.9 Å².